The highest BCUT2D eigenvalue weighted by Crippen LogP contribution is 2.22. The summed E-state index contributed by atoms with van der Waals surface area (Å²) in [6, 6.07) is 2.70. The standard InChI is InChI=1S/C19H21N9O2/c1-9(24-17(29)11-6-14(20)23-8-22-11)13-5-10(28-30-13)15-25-12-7-21-18(19(2,3)4)27-16(12)26-15/h5-9H,1-4H3,(H,24,29)(H2,20,22,23)(H,21,25,26,27)/p+1/t9-/m1/s1. The Morgan fingerprint density at radius 1 is 1.27 bits per heavy atom. The largest absolute Gasteiger partial charge is 0.384 e. The lowest BCUT2D eigenvalue weighted by atomic mass is 9.96. The van der Waals surface area contributed by atoms with Gasteiger partial charge in [-0.05, 0) is 6.92 Å². The Bertz CT molecular complexity index is 1220. The Kier molecular flexibility index (Phi) is 4.65. The van der Waals surface area contributed by atoms with Gasteiger partial charge in [0.1, 0.15) is 17.8 Å². The van der Waals surface area contributed by atoms with E-state index in [0.717, 1.165) is 11.3 Å². The van der Waals surface area contributed by atoms with Crippen molar-refractivity contribution in [2.45, 2.75) is 39.2 Å². The normalized spacial score (nSPS) is 12.8. The van der Waals surface area contributed by atoms with Crippen LogP contribution < -0.4 is 16.0 Å². The number of nitrogen functional groups attached to an aromatic ring is 1. The van der Waals surface area contributed by atoms with Gasteiger partial charge < -0.3 is 15.6 Å². The summed E-state index contributed by atoms with van der Waals surface area (Å²) >= 11 is 0. The highest BCUT2D eigenvalue weighted by molar-refractivity contribution is 5.93. The van der Waals surface area contributed by atoms with Gasteiger partial charge in [-0.3, -0.25) is 9.78 Å². The molecule has 0 fully saturated rings. The predicted molar refractivity (Wildman–Crippen MR) is 107 cm³/mol. The number of H-pyrrole nitrogens is 2. The molecule has 0 spiro atoms. The van der Waals surface area contributed by atoms with Crippen LogP contribution in [0.2, 0.25) is 0 Å². The van der Waals surface area contributed by atoms with E-state index in [1.54, 1.807) is 19.2 Å². The van der Waals surface area contributed by atoms with E-state index < -0.39 is 11.9 Å². The quantitative estimate of drug-likeness (QED) is 0.458. The number of imidazole rings is 1. The average molecular weight is 408 g/mol. The Balaban J connectivity index is 1.54. The second-order valence-corrected chi connectivity index (χ2v) is 7.97. The van der Waals surface area contributed by atoms with Crippen molar-refractivity contribution in [2.24, 2.45) is 0 Å². The van der Waals surface area contributed by atoms with Crippen molar-refractivity contribution in [3.05, 3.63) is 41.9 Å². The highest BCUT2D eigenvalue weighted by atomic mass is 16.5. The van der Waals surface area contributed by atoms with E-state index in [2.05, 4.69) is 61.1 Å². The number of nitrogens with zero attached hydrogens (tertiary/aromatic N) is 5. The Morgan fingerprint density at radius 2 is 2.07 bits per heavy atom. The first-order valence-electron chi connectivity index (χ1n) is 9.34. The van der Waals surface area contributed by atoms with Crippen LogP contribution in [0.5, 0.6) is 0 Å². The molecule has 30 heavy (non-hydrogen) atoms. The molecular weight excluding hydrogens is 386 g/mol. The summed E-state index contributed by atoms with van der Waals surface area (Å²) in [5, 5.41) is 6.88. The van der Waals surface area contributed by atoms with Gasteiger partial charge in [0.25, 0.3) is 11.7 Å². The summed E-state index contributed by atoms with van der Waals surface area (Å²) in [6.45, 7) is 7.94. The van der Waals surface area contributed by atoms with Crippen LogP contribution >= 0.6 is 0 Å². The first-order valence-corrected chi connectivity index (χ1v) is 9.34. The molecule has 4 heterocycles. The van der Waals surface area contributed by atoms with Crippen LogP contribution in [0.1, 0.15) is 55.8 Å². The summed E-state index contributed by atoms with van der Waals surface area (Å²) in [4.78, 5) is 35.4. The van der Waals surface area contributed by atoms with Crippen molar-refractivity contribution in [1.82, 2.24) is 35.4 Å². The van der Waals surface area contributed by atoms with Gasteiger partial charge in [0.15, 0.2) is 17.0 Å². The zero-order valence-electron chi connectivity index (χ0n) is 17.0. The molecule has 154 valence electrons. The molecule has 11 nitrogen and oxygen atoms in total. The first-order chi connectivity index (χ1) is 14.2. The zero-order chi connectivity index (χ0) is 21.5. The number of amides is 1. The molecule has 0 aliphatic carbocycles. The molecule has 0 aliphatic rings. The van der Waals surface area contributed by atoms with Gasteiger partial charge in [0, 0.05) is 17.5 Å². The van der Waals surface area contributed by atoms with Crippen molar-refractivity contribution >= 4 is 22.9 Å². The number of aromatic nitrogens is 7. The SMILES string of the molecule is C[C@@H](NC(=O)c1cc(N)ncn1)c1cc(-c2[nH]c3cnc(C(C)(C)C)nc3[nH+]2)no1. The van der Waals surface area contributed by atoms with E-state index in [0.29, 0.717) is 22.9 Å². The van der Waals surface area contributed by atoms with Crippen molar-refractivity contribution in [3.8, 4) is 11.5 Å². The fourth-order valence-corrected chi connectivity index (χ4v) is 2.79. The number of hydrogen-bond acceptors (Lipinski definition) is 8. The third-order valence-electron chi connectivity index (χ3n) is 4.44. The molecule has 0 aromatic carbocycles. The van der Waals surface area contributed by atoms with E-state index in [1.807, 2.05) is 0 Å². The number of rotatable bonds is 4. The summed E-state index contributed by atoms with van der Waals surface area (Å²) in [6.07, 6.45) is 2.97. The predicted octanol–water partition coefficient (Wildman–Crippen LogP) is 1.59. The van der Waals surface area contributed by atoms with Gasteiger partial charge in [0.05, 0.1) is 12.2 Å². The van der Waals surface area contributed by atoms with E-state index in [1.165, 1.54) is 12.4 Å². The van der Waals surface area contributed by atoms with Gasteiger partial charge >= 0.3 is 5.65 Å². The number of carbonyl (C=O) groups is 1. The Morgan fingerprint density at radius 3 is 2.80 bits per heavy atom. The van der Waals surface area contributed by atoms with Gasteiger partial charge in [-0.15, -0.1) is 0 Å². The number of fused-ring (bicyclic) bond motifs is 1. The smallest absolute Gasteiger partial charge is 0.303 e. The van der Waals surface area contributed by atoms with Crippen LogP contribution in [-0.4, -0.2) is 36.0 Å². The number of carbonyl (C=O) groups excluding carboxylic acids is 1. The number of hydrogen-bond donors (Lipinski definition) is 3. The molecule has 4 rings (SSSR count). The molecule has 0 saturated carbocycles. The van der Waals surface area contributed by atoms with Crippen molar-refractivity contribution in [2.75, 3.05) is 5.73 Å². The van der Waals surface area contributed by atoms with E-state index in [4.69, 9.17) is 10.3 Å². The van der Waals surface area contributed by atoms with Gasteiger partial charge in [-0.25, -0.2) is 19.9 Å². The third-order valence-corrected chi connectivity index (χ3v) is 4.44. The van der Waals surface area contributed by atoms with Gasteiger partial charge in [-0.1, -0.05) is 30.9 Å². The summed E-state index contributed by atoms with van der Waals surface area (Å²) in [5.41, 5.74) is 7.58. The van der Waals surface area contributed by atoms with Crippen molar-refractivity contribution in [1.29, 1.82) is 0 Å². The maximum Gasteiger partial charge on any atom is 0.303 e. The molecular formula is C19H22N9O2+. The monoisotopic (exact) mass is 408 g/mol. The second-order valence-electron chi connectivity index (χ2n) is 7.97. The lowest BCUT2D eigenvalue weighted by Crippen LogP contribution is -2.27. The molecule has 5 N–H and O–H groups in total. The molecule has 0 unspecified atom stereocenters. The molecule has 0 aliphatic heterocycles. The minimum Gasteiger partial charge on any atom is -0.384 e. The molecule has 4 aromatic rings. The number of anilines is 1. The highest BCUT2D eigenvalue weighted by Gasteiger charge is 2.25. The minimum absolute atomic E-state index is 0.164. The molecule has 11 heteroatoms. The topological polar surface area (TPSA) is 163 Å². The van der Waals surface area contributed by atoms with Crippen molar-refractivity contribution < 1.29 is 14.3 Å². The maximum absolute atomic E-state index is 12.3. The molecule has 0 radical (unpaired) electrons. The summed E-state index contributed by atoms with van der Waals surface area (Å²) in [5.74, 6) is 1.67. The maximum atomic E-state index is 12.3. The van der Waals surface area contributed by atoms with Gasteiger partial charge in [-0.2, -0.15) is 0 Å². The number of nitrogens with two attached hydrogens (primary N) is 1. The van der Waals surface area contributed by atoms with E-state index in [-0.39, 0.29) is 16.9 Å². The Hall–Kier alpha value is -3.89. The average Bonchev–Trinajstić information content (AvgIpc) is 3.33. The summed E-state index contributed by atoms with van der Waals surface area (Å²) in [7, 11) is 0. The molecule has 4 aromatic heterocycles. The number of nitrogens with one attached hydrogen (secondary N) is 3. The molecule has 0 saturated heterocycles. The van der Waals surface area contributed by atoms with Crippen LogP contribution in [0.3, 0.4) is 0 Å². The van der Waals surface area contributed by atoms with Crippen molar-refractivity contribution in [3.63, 3.8) is 0 Å². The van der Waals surface area contributed by atoms with Crippen LogP contribution in [0.25, 0.3) is 22.7 Å². The minimum atomic E-state index is -0.438. The zero-order valence-corrected chi connectivity index (χ0v) is 17.0. The van der Waals surface area contributed by atoms with Crippen LogP contribution in [0, 0.1) is 0 Å². The first kappa shape index (κ1) is 19.4. The lowest BCUT2D eigenvalue weighted by molar-refractivity contribution is -0.334. The fraction of sp³-hybridized carbons (Fsp3) is 0.316. The summed E-state index contributed by atoms with van der Waals surface area (Å²) < 4.78 is 5.42. The fourth-order valence-electron chi connectivity index (χ4n) is 2.79. The lowest BCUT2D eigenvalue weighted by Gasteiger charge is -2.11. The molecule has 0 bridgehead atoms. The Labute approximate surface area is 171 Å². The van der Waals surface area contributed by atoms with Crippen LogP contribution in [0.4, 0.5) is 5.82 Å². The third kappa shape index (κ3) is 3.81. The molecule has 1 atom stereocenters. The van der Waals surface area contributed by atoms with E-state index >= 15 is 0 Å². The van der Waals surface area contributed by atoms with Crippen LogP contribution in [0.15, 0.2) is 29.2 Å². The number of aromatic amines is 2. The van der Waals surface area contributed by atoms with E-state index in [9.17, 15) is 4.79 Å². The molecule has 1 amide bonds. The van der Waals surface area contributed by atoms with Crippen LogP contribution in [-0.2, 0) is 5.41 Å². The second kappa shape index (κ2) is 7.17. The van der Waals surface area contributed by atoms with Gasteiger partial charge in [0.2, 0.25) is 5.82 Å².